The molecule has 1 unspecified atom stereocenters. The number of benzene rings is 1. The van der Waals surface area contributed by atoms with E-state index >= 15 is 0 Å². The molecule has 6 nitrogen and oxygen atoms in total. The third-order valence-corrected chi connectivity index (χ3v) is 4.34. The Morgan fingerprint density at radius 1 is 1.15 bits per heavy atom. The van der Waals surface area contributed by atoms with Gasteiger partial charge >= 0.3 is 6.18 Å². The van der Waals surface area contributed by atoms with Gasteiger partial charge in [-0.05, 0) is 31.2 Å². The third-order valence-electron chi connectivity index (χ3n) is 4.34. The van der Waals surface area contributed by atoms with Crippen molar-refractivity contribution in [1.29, 1.82) is 0 Å². The normalized spacial score (nSPS) is 21.0. The van der Waals surface area contributed by atoms with E-state index in [9.17, 15) is 13.2 Å². The summed E-state index contributed by atoms with van der Waals surface area (Å²) in [7, 11) is 0. The topological polar surface area (TPSA) is 91.1 Å². The number of nitrogens with two attached hydrogens (primary N) is 1. The van der Waals surface area contributed by atoms with E-state index in [1.54, 1.807) is 18.3 Å². The summed E-state index contributed by atoms with van der Waals surface area (Å²) >= 11 is 0. The number of halogens is 3. The molecule has 3 aromatic rings. The number of alkyl halides is 3. The molecule has 3 heterocycles. The molecule has 1 aromatic carbocycles. The SMILES string of the molecule is Cc1ccc2cc(C3(N)NC(=NCC(F)(F)F)c4cc[nH]c4N3)ccc2n1. The van der Waals surface area contributed by atoms with E-state index in [2.05, 4.69) is 25.6 Å². The van der Waals surface area contributed by atoms with Gasteiger partial charge in [0.2, 0.25) is 0 Å². The molecule has 27 heavy (non-hydrogen) atoms. The molecule has 140 valence electrons. The van der Waals surface area contributed by atoms with Crippen molar-refractivity contribution in [2.75, 3.05) is 11.9 Å². The highest BCUT2D eigenvalue weighted by Crippen LogP contribution is 2.29. The molecule has 4 rings (SSSR count). The Balaban J connectivity index is 1.75. The van der Waals surface area contributed by atoms with E-state index in [1.165, 1.54) is 0 Å². The first-order chi connectivity index (χ1) is 12.7. The van der Waals surface area contributed by atoms with Gasteiger partial charge in [-0.15, -0.1) is 0 Å². The van der Waals surface area contributed by atoms with E-state index < -0.39 is 18.5 Å². The minimum absolute atomic E-state index is 0.0759. The van der Waals surface area contributed by atoms with E-state index in [0.717, 1.165) is 16.6 Å². The lowest BCUT2D eigenvalue weighted by atomic mass is 10.0. The molecule has 0 fully saturated rings. The average Bonchev–Trinajstić information content (AvgIpc) is 3.06. The number of nitrogens with one attached hydrogen (secondary N) is 3. The molecule has 0 aliphatic carbocycles. The predicted octanol–water partition coefficient (Wildman–Crippen LogP) is 2.96. The highest BCUT2D eigenvalue weighted by Gasteiger charge is 2.36. The molecule has 1 aliphatic rings. The molecule has 0 saturated heterocycles. The molecule has 5 N–H and O–H groups in total. The Morgan fingerprint density at radius 2 is 1.96 bits per heavy atom. The molecule has 0 amide bonds. The second-order valence-corrected chi connectivity index (χ2v) is 6.46. The zero-order chi connectivity index (χ0) is 19.2. The number of pyridine rings is 1. The van der Waals surface area contributed by atoms with Gasteiger partial charge in [-0.25, -0.2) is 0 Å². The van der Waals surface area contributed by atoms with E-state index in [0.29, 0.717) is 16.9 Å². The number of rotatable bonds is 2. The number of aliphatic imine (C=N–C) groups is 1. The van der Waals surface area contributed by atoms with Gasteiger partial charge in [-0.2, -0.15) is 13.2 Å². The van der Waals surface area contributed by atoms with Crippen LogP contribution >= 0.6 is 0 Å². The van der Waals surface area contributed by atoms with Crippen molar-refractivity contribution in [3.05, 3.63) is 59.4 Å². The van der Waals surface area contributed by atoms with E-state index in [1.807, 2.05) is 31.2 Å². The Bertz CT molecular complexity index is 1040. The lowest BCUT2D eigenvalue weighted by molar-refractivity contribution is -0.118. The summed E-state index contributed by atoms with van der Waals surface area (Å²) in [5, 5.41) is 6.89. The van der Waals surface area contributed by atoms with Crippen molar-refractivity contribution in [2.24, 2.45) is 10.7 Å². The zero-order valence-corrected chi connectivity index (χ0v) is 14.4. The number of aromatic amines is 1. The standard InChI is InChI=1S/C18H17F3N6/c1-10-2-3-11-8-12(4-5-14(11)25-10)18(22)26-15-13(6-7-23-15)16(27-18)24-9-17(19,20)21/h2-8,23,26H,9,22H2,1H3,(H,24,27). The fraction of sp³-hybridized carbons (Fsp3) is 0.222. The number of hydrogen-bond acceptors (Lipinski definition) is 4. The quantitative estimate of drug-likeness (QED) is 0.555. The van der Waals surface area contributed by atoms with Crippen LogP contribution in [0.15, 0.2) is 47.6 Å². The molecular formula is C18H17F3N6. The fourth-order valence-corrected chi connectivity index (χ4v) is 3.06. The third kappa shape index (κ3) is 3.33. The van der Waals surface area contributed by atoms with Crippen molar-refractivity contribution in [2.45, 2.75) is 18.9 Å². The van der Waals surface area contributed by atoms with Crippen molar-refractivity contribution >= 4 is 22.6 Å². The molecule has 0 saturated carbocycles. The van der Waals surface area contributed by atoms with Gasteiger partial charge in [-0.3, -0.25) is 15.7 Å². The van der Waals surface area contributed by atoms with Crippen molar-refractivity contribution < 1.29 is 13.2 Å². The summed E-state index contributed by atoms with van der Waals surface area (Å²) in [6, 6.07) is 10.9. The van der Waals surface area contributed by atoms with E-state index in [4.69, 9.17) is 5.73 Å². The minimum Gasteiger partial charge on any atom is -0.348 e. The van der Waals surface area contributed by atoms with Crippen LogP contribution in [0.25, 0.3) is 10.9 Å². The van der Waals surface area contributed by atoms with Gasteiger partial charge in [0.05, 0.1) is 11.1 Å². The number of anilines is 1. The van der Waals surface area contributed by atoms with Crippen LogP contribution < -0.4 is 16.4 Å². The second kappa shape index (κ2) is 5.98. The lowest BCUT2D eigenvalue weighted by Gasteiger charge is -2.38. The molecule has 1 aliphatic heterocycles. The van der Waals surface area contributed by atoms with Crippen LogP contribution in [0.3, 0.4) is 0 Å². The smallest absolute Gasteiger partial charge is 0.348 e. The van der Waals surface area contributed by atoms with Gasteiger partial charge < -0.3 is 15.6 Å². The minimum atomic E-state index is -4.40. The largest absolute Gasteiger partial charge is 0.408 e. The van der Waals surface area contributed by atoms with Crippen LogP contribution in [0.5, 0.6) is 0 Å². The fourth-order valence-electron chi connectivity index (χ4n) is 3.06. The van der Waals surface area contributed by atoms with Gasteiger partial charge in [0.25, 0.3) is 0 Å². The second-order valence-electron chi connectivity index (χ2n) is 6.46. The van der Waals surface area contributed by atoms with Crippen LogP contribution in [0.2, 0.25) is 0 Å². The maximum atomic E-state index is 12.6. The molecule has 1 atom stereocenters. The van der Waals surface area contributed by atoms with Crippen LogP contribution in [0.1, 0.15) is 16.8 Å². The van der Waals surface area contributed by atoms with E-state index in [-0.39, 0.29) is 5.84 Å². The molecule has 2 aromatic heterocycles. The maximum Gasteiger partial charge on any atom is 0.408 e. The van der Waals surface area contributed by atoms with Crippen molar-refractivity contribution in [1.82, 2.24) is 15.3 Å². The Labute approximate surface area is 152 Å². The average molecular weight is 374 g/mol. The molecule has 0 spiro atoms. The van der Waals surface area contributed by atoms with Crippen molar-refractivity contribution in [3.8, 4) is 0 Å². The molecule has 0 radical (unpaired) electrons. The van der Waals surface area contributed by atoms with Crippen LogP contribution in [0, 0.1) is 6.92 Å². The molecule has 0 bridgehead atoms. The summed E-state index contributed by atoms with van der Waals surface area (Å²) in [6.07, 6.45) is -2.79. The highest BCUT2D eigenvalue weighted by atomic mass is 19.4. The monoisotopic (exact) mass is 374 g/mol. The van der Waals surface area contributed by atoms with Crippen LogP contribution in [0.4, 0.5) is 19.0 Å². The van der Waals surface area contributed by atoms with Gasteiger partial charge in [0.1, 0.15) is 18.2 Å². The Morgan fingerprint density at radius 3 is 2.74 bits per heavy atom. The zero-order valence-electron chi connectivity index (χ0n) is 14.4. The number of aryl methyl sites for hydroxylation is 1. The number of amidine groups is 1. The highest BCUT2D eigenvalue weighted by molar-refractivity contribution is 6.05. The maximum absolute atomic E-state index is 12.6. The number of H-pyrrole nitrogens is 1. The Kier molecular flexibility index (Phi) is 3.84. The van der Waals surface area contributed by atoms with Gasteiger partial charge in [0, 0.05) is 22.8 Å². The van der Waals surface area contributed by atoms with Crippen molar-refractivity contribution in [3.63, 3.8) is 0 Å². The lowest BCUT2D eigenvalue weighted by Crippen LogP contribution is -2.61. The predicted molar refractivity (Wildman–Crippen MR) is 97.4 cm³/mol. The first-order valence-corrected chi connectivity index (χ1v) is 8.26. The summed E-state index contributed by atoms with van der Waals surface area (Å²) in [6.45, 7) is 0.606. The number of nitrogens with zero attached hydrogens (tertiary/aromatic N) is 2. The Hall–Kier alpha value is -3.07. The summed E-state index contributed by atoms with van der Waals surface area (Å²) in [5.41, 5.74) is 9.32. The first-order valence-electron chi connectivity index (χ1n) is 8.26. The molecule has 9 heteroatoms. The van der Waals surface area contributed by atoms with Crippen LogP contribution in [-0.4, -0.2) is 28.5 Å². The molecular weight excluding hydrogens is 357 g/mol. The summed E-state index contributed by atoms with van der Waals surface area (Å²) in [5.74, 6) is -0.757. The van der Waals surface area contributed by atoms with Gasteiger partial charge in [0.15, 0.2) is 5.79 Å². The van der Waals surface area contributed by atoms with Gasteiger partial charge in [-0.1, -0.05) is 12.1 Å². The summed E-state index contributed by atoms with van der Waals surface area (Å²) in [4.78, 5) is 11.1. The van der Waals surface area contributed by atoms with Crippen LogP contribution in [-0.2, 0) is 5.79 Å². The summed E-state index contributed by atoms with van der Waals surface area (Å²) < 4.78 is 37.9. The first kappa shape index (κ1) is 17.3. The number of aromatic nitrogens is 2. The number of hydrogen-bond donors (Lipinski definition) is 4. The number of fused-ring (bicyclic) bond motifs is 2.